The van der Waals surface area contributed by atoms with Gasteiger partial charge in [-0.2, -0.15) is 13.2 Å². The van der Waals surface area contributed by atoms with E-state index in [0.717, 1.165) is 18.5 Å². The zero-order valence-electron chi connectivity index (χ0n) is 19.1. The van der Waals surface area contributed by atoms with Crippen molar-refractivity contribution in [1.82, 2.24) is 4.57 Å². The third kappa shape index (κ3) is 6.29. The summed E-state index contributed by atoms with van der Waals surface area (Å²) >= 11 is 0. The maximum atomic E-state index is 13.4. The van der Waals surface area contributed by atoms with Crippen molar-refractivity contribution >= 4 is 33.1 Å². The molecule has 10 heteroatoms. The van der Waals surface area contributed by atoms with Gasteiger partial charge in [0.2, 0.25) is 0 Å². The van der Waals surface area contributed by atoms with E-state index < -0.39 is 23.5 Å². The van der Waals surface area contributed by atoms with Crippen molar-refractivity contribution in [2.75, 3.05) is 36.6 Å². The van der Waals surface area contributed by atoms with E-state index >= 15 is 0 Å². The first-order chi connectivity index (χ1) is 16.7. The summed E-state index contributed by atoms with van der Waals surface area (Å²) in [6.45, 7) is 0.260. The van der Waals surface area contributed by atoms with Gasteiger partial charge in [0, 0.05) is 52.3 Å². The predicted molar refractivity (Wildman–Crippen MR) is 131 cm³/mol. The van der Waals surface area contributed by atoms with Gasteiger partial charge in [0.1, 0.15) is 12.3 Å². The summed E-state index contributed by atoms with van der Waals surface area (Å²) in [5.74, 6) is 5.62. The number of nitrogens with zero attached hydrogens (tertiary/aromatic N) is 1. The van der Waals surface area contributed by atoms with Crippen molar-refractivity contribution in [2.45, 2.75) is 36.5 Å². The van der Waals surface area contributed by atoms with Crippen LogP contribution in [-0.2, 0) is 22.1 Å². The number of hydrogen-bond donors (Lipinski definition) is 3. The fourth-order valence-corrected chi connectivity index (χ4v) is 4.58. The van der Waals surface area contributed by atoms with E-state index in [1.165, 1.54) is 16.9 Å². The summed E-state index contributed by atoms with van der Waals surface area (Å²) in [4.78, 5) is 0.487. The third-order valence-corrected chi connectivity index (χ3v) is 6.67. The van der Waals surface area contributed by atoms with Crippen molar-refractivity contribution < 1.29 is 27.2 Å². The number of fused-ring (bicyclic) bond motifs is 1. The van der Waals surface area contributed by atoms with Crippen LogP contribution in [0, 0.1) is 11.8 Å². The van der Waals surface area contributed by atoms with E-state index in [1.807, 2.05) is 6.07 Å². The molecule has 1 aliphatic rings. The van der Waals surface area contributed by atoms with Gasteiger partial charge in [-0.25, -0.2) is 0 Å². The highest BCUT2D eigenvalue weighted by Crippen LogP contribution is 2.31. The maximum Gasteiger partial charge on any atom is 0.406 e. The minimum absolute atomic E-state index is 0.0745. The number of aromatic nitrogens is 1. The van der Waals surface area contributed by atoms with E-state index in [2.05, 4.69) is 22.5 Å². The second-order valence-corrected chi connectivity index (χ2v) is 9.67. The number of aromatic hydroxyl groups is 1. The summed E-state index contributed by atoms with van der Waals surface area (Å²) in [6, 6.07) is 11.8. The highest BCUT2D eigenvalue weighted by Gasteiger charge is 2.30. The molecule has 3 N–H and O–H groups in total. The fraction of sp³-hybridized carbons (Fsp3) is 0.360. The molecule has 4 rings (SSSR count). The molecule has 186 valence electrons. The molecule has 2 aromatic carbocycles. The molecule has 0 aliphatic carbocycles. The lowest BCUT2D eigenvalue weighted by Gasteiger charge is -2.24. The molecule has 0 spiro atoms. The van der Waals surface area contributed by atoms with Crippen LogP contribution in [0.1, 0.15) is 18.5 Å². The Kier molecular flexibility index (Phi) is 7.57. The molecule has 35 heavy (non-hydrogen) atoms. The molecule has 0 saturated carbocycles. The molecule has 0 radical (unpaired) electrons. The second kappa shape index (κ2) is 10.6. The first-order valence-electron chi connectivity index (χ1n) is 11.1. The van der Waals surface area contributed by atoms with E-state index in [1.54, 1.807) is 30.3 Å². The Labute approximate surface area is 203 Å². The highest BCUT2D eigenvalue weighted by atomic mass is 32.2. The number of hydrogen-bond acceptors (Lipinski definition) is 5. The van der Waals surface area contributed by atoms with Crippen LogP contribution < -0.4 is 10.6 Å². The van der Waals surface area contributed by atoms with Crippen LogP contribution in [-0.4, -0.2) is 52.1 Å². The molecule has 1 unspecified atom stereocenters. The Morgan fingerprint density at radius 2 is 1.94 bits per heavy atom. The topological polar surface area (TPSA) is 75.5 Å². The number of nitrogens with one attached hydrogen (secondary N) is 2. The Morgan fingerprint density at radius 3 is 2.63 bits per heavy atom. The summed E-state index contributed by atoms with van der Waals surface area (Å²) in [7, 11) is -1.23. The lowest BCUT2D eigenvalue weighted by Crippen LogP contribution is -2.27. The Bertz CT molecular complexity index is 1290. The molecule has 0 amide bonds. The van der Waals surface area contributed by atoms with Crippen molar-refractivity contribution in [3.05, 3.63) is 48.2 Å². The van der Waals surface area contributed by atoms with Gasteiger partial charge < -0.3 is 25.0 Å². The van der Waals surface area contributed by atoms with Gasteiger partial charge >= 0.3 is 6.18 Å². The zero-order chi connectivity index (χ0) is 25.0. The van der Waals surface area contributed by atoms with Crippen molar-refractivity contribution in [2.24, 2.45) is 0 Å². The predicted octanol–water partition coefficient (Wildman–Crippen LogP) is 4.70. The number of alkyl halides is 3. The van der Waals surface area contributed by atoms with Crippen molar-refractivity contribution in [3.63, 3.8) is 0 Å². The number of phenols is 1. The number of anilines is 2. The minimum atomic E-state index is -4.41. The van der Waals surface area contributed by atoms with E-state index in [0.29, 0.717) is 34.7 Å². The molecule has 1 atom stereocenters. The number of ether oxygens (including phenoxy) is 1. The summed E-state index contributed by atoms with van der Waals surface area (Å²) in [6.07, 6.45) is -1.23. The van der Waals surface area contributed by atoms with Gasteiger partial charge in [0.25, 0.3) is 0 Å². The molecule has 1 saturated heterocycles. The van der Waals surface area contributed by atoms with Gasteiger partial charge in [0.05, 0.1) is 23.4 Å². The molecule has 2 heterocycles. The number of phenolic OH excluding ortho intramolecular Hbond substituents is 1. The first kappa shape index (κ1) is 24.9. The highest BCUT2D eigenvalue weighted by molar-refractivity contribution is 7.84. The Hall–Kier alpha value is -3.16. The first-order valence-corrected chi connectivity index (χ1v) is 12.7. The normalized spacial score (nSPS) is 15.4. The van der Waals surface area contributed by atoms with E-state index in [9.17, 15) is 22.5 Å². The summed E-state index contributed by atoms with van der Waals surface area (Å²) in [5.41, 5.74) is 1.88. The zero-order valence-corrected chi connectivity index (χ0v) is 19.9. The molecular weight excluding hydrogens is 479 g/mol. The van der Waals surface area contributed by atoms with Crippen LogP contribution in [0.25, 0.3) is 10.9 Å². The fourth-order valence-electron chi connectivity index (χ4n) is 4.04. The van der Waals surface area contributed by atoms with Gasteiger partial charge in [-0.15, -0.1) is 0 Å². The van der Waals surface area contributed by atoms with Crippen LogP contribution in [0.3, 0.4) is 0 Å². The molecule has 3 aromatic rings. The third-order valence-electron chi connectivity index (χ3n) is 5.75. The van der Waals surface area contributed by atoms with Crippen LogP contribution in [0.4, 0.5) is 24.5 Å². The average molecular weight is 506 g/mol. The Balaban J connectivity index is 1.59. The van der Waals surface area contributed by atoms with Gasteiger partial charge in [-0.3, -0.25) is 4.21 Å². The van der Waals surface area contributed by atoms with E-state index in [4.69, 9.17) is 4.74 Å². The number of rotatable bonds is 6. The van der Waals surface area contributed by atoms with Crippen molar-refractivity contribution in [1.29, 1.82) is 0 Å². The SMILES string of the molecule is CS(=O)c1ccc(NCC#Cc2cc3c(NC4CCOCC4)cccc3n2CC(F)(F)F)c(O)c1. The standard InChI is InChI=1S/C25H26F3N3O3S/c1-35(33)19-7-8-22(24(32)15-19)29-11-3-4-18-14-20-21(30-17-9-12-34-13-10-17)5-2-6-23(20)31(18)16-25(26,27)28/h2,5-8,14-15,17,29-30,32H,9-13,16H2,1H3. The minimum Gasteiger partial charge on any atom is -0.506 e. The lowest BCUT2D eigenvalue weighted by atomic mass is 10.1. The van der Waals surface area contributed by atoms with Crippen molar-refractivity contribution in [3.8, 4) is 17.6 Å². The molecular formula is C25H26F3N3O3S. The van der Waals surface area contributed by atoms with Gasteiger partial charge in [-0.1, -0.05) is 12.0 Å². The second-order valence-electron chi connectivity index (χ2n) is 8.29. The summed E-state index contributed by atoms with van der Waals surface area (Å²) in [5, 5.41) is 17.2. The van der Waals surface area contributed by atoms with Crippen LogP contribution in [0.2, 0.25) is 0 Å². The average Bonchev–Trinajstić information content (AvgIpc) is 3.15. The molecule has 1 fully saturated rings. The smallest absolute Gasteiger partial charge is 0.406 e. The Morgan fingerprint density at radius 1 is 1.17 bits per heavy atom. The number of halogens is 3. The largest absolute Gasteiger partial charge is 0.506 e. The monoisotopic (exact) mass is 505 g/mol. The molecule has 0 bridgehead atoms. The quantitative estimate of drug-likeness (QED) is 0.335. The van der Waals surface area contributed by atoms with Crippen LogP contribution in [0.15, 0.2) is 47.4 Å². The maximum absolute atomic E-state index is 13.4. The van der Waals surface area contributed by atoms with E-state index in [-0.39, 0.29) is 24.0 Å². The van der Waals surface area contributed by atoms with Gasteiger partial charge in [-0.05, 0) is 55.2 Å². The van der Waals surface area contributed by atoms with Crippen LogP contribution in [0.5, 0.6) is 5.75 Å². The van der Waals surface area contributed by atoms with Gasteiger partial charge in [0.15, 0.2) is 0 Å². The van der Waals surface area contributed by atoms with Crippen LogP contribution >= 0.6 is 0 Å². The molecule has 6 nitrogen and oxygen atoms in total. The number of benzene rings is 2. The molecule has 1 aromatic heterocycles. The molecule has 1 aliphatic heterocycles. The lowest BCUT2D eigenvalue weighted by molar-refractivity contribution is -0.140. The summed E-state index contributed by atoms with van der Waals surface area (Å²) < 4.78 is 58.3.